The standard InChI is InChI=1S/C20H15ClN3O2P/c21-16-10-4-6-12-18(16)23-14-20-22-17-11-5-7-13-19(17)24(20)27(23,25)26-15-8-2-1-3-9-15/h1-13H,14H2. The highest BCUT2D eigenvalue weighted by Gasteiger charge is 2.46. The number of imidazole rings is 1. The van der Waals surface area contributed by atoms with E-state index in [0.29, 0.717) is 28.8 Å². The van der Waals surface area contributed by atoms with Gasteiger partial charge in [-0.15, -0.1) is 0 Å². The summed E-state index contributed by atoms with van der Waals surface area (Å²) in [6.07, 6.45) is 0. The molecular formula is C20H15ClN3O2P. The molecule has 3 aromatic carbocycles. The van der Waals surface area contributed by atoms with Gasteiger partial charge >= 0.3 is 7.67 Å². The molecule has 0 spiro atoms. The van der Waals surface area contributed by atoms with Crippen molar-refractivity contribution in [3.63, 3.8) is 0 Å². The van der Waals surface area contributed by atoms with E-state index in [1.807, 2.05) is 60.7 Å². The molecule has 5 nitrogen and oxygen atoms in total. The molecule has 134 valence electrons. The predicted molar refractivity (Wildman–Crippen MR) is 107 cm³/mol. The third kappa shape index (κ3) is 2.54. The second-order valence-electron chi connectivity index (χ2n) is 6.23. The van der Waals surface area contributed by atoms with Crippen LogP contribution in [0.1, 0.15) is 5.82 Å². The van der Waals surface area contributed by atoms with E-state index < -0.39 is 7.67 Å². The van der Waals surface area contributed by atoms with Gasteiger partial charge in [-0.05, 0) is 36.4 Å². The van der Waals surface area contributed by atoms with E-state index in [-0.39, 0.29) is 0 Å². The molecule has 1 unspecified atom stereocenters. The Hall–Kier alpha value is -2.75. The quantitative estimate of drug-likeness (QED) is 0.415. The minimum Gasteiger partial charge on any atom is -0.414 e. The number of nitrogens with zero attached hydrogens (tertiary/aromatic N) is 3. The van der Waals surface area contributed by atoms with Crippen LogP contribution in [0.2, 0.25) is 5.02 Å². The average Bonchev–Trinajstić information content (AvgIpc) is 3.18. The molecular weight excluding hydrogens is 381 g/mol. The number of benzene rings is 3. The molecule has 1 aromatic heterocycles. The van der Waals surface area contributed by atoms with Gasteiger partial charge in [0.25, 0.3) is 0 Å². The van der Waals surface area contributed by atoms with E-state index in [1.54, 1.807) is 27.2 Å². The predicted octanol–water partition coefficient (Wildman–Crippen LogP) is 5.75. The highest BCUT2D eigenvalue weighted by Crippen LogP contribution is 2.61. The van der Waals surface area contributed by atoms with Crippen LogP contribution in [0.15, 0.2) is 78.9 Å². The van der Waals surface area contributed by atoms with Crippen molar-refractivity contribution in [1.29, 1.82) is 0 Å². The number of rotatable bonds is 3. The molecule has 1 aliphatic rings. The van der Waals surface area contributed by atoms with Gasteiger partial charge in [0.1, 0.15) is 11.6 Å². The van der Waals surface area contributed by atoms with Gasteiger partial charge in [0, 0.05) is 0 Å². The average molecular weight is 396 g/mol. The lowest BCUT2D eigenvalue weighted by molar-refractivity contribution is 0.474. The van der Waals surface area contributed by atoms with E-state index in [1.165, 1.54) is 0 Å². The van der Waals surface area contributed by atoms with E-state index >= 15 is 0 Å². The van der Waals surface area contributed by atoms with Crippen LogP contribution in [-0.4, -0.2) is 9.32 Å². The van der Waals surface area contributed by atoms with Gasteiger partial charge in [-0.25, -0.2) is 13.9 Å². The van der Waals surface area contributed by atoms with Crippen LogP contribution in [0.4, 0.5) is 5.69 Å². The number of hydrogen-bond donors (Lipinski definition) is 0. The summed E-state index contributed by atoms with van der Waals surface area (Å²) in [7, 11) is -3.54. The number of fused-ring (bicyclic) bond motifs is 3. The van der Waals surface area contributed by atoms with Crippen molar-refractivity contribution in [1.82, 2.24) is 9.32 Å². The highest BCUT2D eigenvalue weighted by molar-refractivity contribution is 7.60. The molecule has 7 heteroatoms. The van der Waals surface area contributed by atoms with Crippen molar-refractivity contribution in [2.45, 2.75) is 6.54 Å². The van der Waals surface area contributed by atoms with Crippen molar-refractivity contribution in [2.75, 3.05) is 4.67 Å². The number of hydrogen-bond acceptors (Lipinski definition) is 3. The maximum atomic E-state index is 14.3. The zero-order valence-electron chi connectivity index (χ0n) is 14.2. The second kappa shape index (κ2) is 6.15. The molecule has 4 aromatic rings. The summed E-state index contributed by atoms with van der Waals surface area (Å²) in [6.45, 7) is 0.350. The minimum absolute atomic E-state index is 0.350. The third-order valence-corrected chi connectivity index (χ3v) is 7.24. The van der Waals surface area contributed by atoms with Gasteiger partial charge in [0.15, 0.2) is 0 Å². The van der Waals surface area contributed by atoms with E-state index in [0.717, 1.165) is 11.0 Å². The van der Waals surface area contributed by atoms with Gasteiger partial charge in [0.2, 0.25) is 0 Å². The van der Waals surface area contributed by atoms with Crippen LogP contribution in [0.25, 0.3) is 11.0 Å². The van der Waals surface area contributed by atoms with E-state index in [9.17, 15) is 4.57 Å². The van der Waals surface area contributed by atoms with Gasteiger partial charge < -0.3 is 4.52 Å². The fourth-order valence-electron chi connectivity index (χ4n) is 3.37. The maximum absolute atomic E-state index is 14.3. The van der Waals surface area contributed by atoms with Crippen LogP contribution < -0.4 is 9.19 Å². The fourth-order valence-corrected chi connectivity index (χ4v) is 6.05. The Kier molecular flexibility index (Phi) is 3.74. The van der Waals surface area contributed by atoms with Gasteiger partial charge in [-0.3, -0.25) is 4.67 Å². The first-order valence-corrected chi connectivity index (χ1v) is 10.4. The number of anilines is 1. The molecule has 0 N–H and O–H groups in total. The Morgan fingerprint density at radius 1 is 0.926 bits per heavy atom. The first-order valence-electron chi connectivity index (χ1n) is 8.51. The van der Waals surface area contributed by atoms with E-state index in [4.69, 9.17) is 16.1 Å². The molecule has 0 radical (unpaired) electrons. The van der Waals surface area contributed by atoms with Crippen molar-refractivity contribution in [3.8, 4) is 5.75 Å². The summed E-state index contributed by atoms with van der Waals surface area (Å²) in [5, 5.41) is 0.518. The normalized spacial score (nSPS) is 18.6. The smallest absolute Gasteiger partial charge is 0.414 e. The minimum atomic E-state index is -3.54. The summed E-state index contributed by atoms with van der Waals surface area (Å²) in [6, 6.07) is 24.2. The Morgan fingerprint density at radius 2 is 1.63 bits per heavy atom. The summed E-state index contributed by atoms with van der Waals surface area (Å²) in [5.74, 6) is 1.22. The molecule has 1 aliphatic heterocycles. The van der Waals surface area contributed by atoms with Crippen LogP contribution in [0, 0.1) is 0 Å². The zero-order chi connectivity index (χ0) is 18.4. The fraction of sp³-hybridized carbons (Fsp3) is 0.0500. The van der Waals surface area contributed by atoms with E-state index in [2.05, 4.69) is 4.98 Å². The lowest BCUT2D eigenvalue weighted by atomic mass is 10.3. The molecule has 27 heavy (non-hydrogen) atoms. The van der Waals surface area contributed by atoms with Crippen LogP contribution in [0.3, 0.4) is 0 Å². The first kappa shape index (κ1) is 16.4. The molecule has 1 atom stereocenters. The first-order chi connectivity index (χ1) is 13.2. The van der Waals surface area contributed by atoms with Crippen LogP contribution >= 0.6 is 19.3 Å². The topological polar surface area (TPSA) is 47.4 Å². The van der Waals surface area contributed by atoms with Crippen molar-refractivity contribution in [3.05, 3.63) is 89.7 Å². The molecule has 0 saturated carbocycles. The third-order valence-electron chi connectivity index (χ3n) is 4.55. The molecule has 0 fully saturated rings. The molecule has 0 bridgehead atoms. The Labute approximate surface area is 161 Å². The van der Waals surface area contributed by atoms with Crippen molar-refractivity contribution >= 4 is 36.0 Å². The van der Waals surface area contributed by atoms with Crippen molar-refractivity contribution in [2.24, 2.45) is 0 Å². The molecule has 5 rings (SSSR count). The van der Waals surface area contributed by atoms with Crippen molar-refractivity contribution < 1.29 is 9.09 Å². The number of halogens is 1. The summed E-state index contributed by atoms with van der Waals surface area (Å²) < 4.78 is 23.9. The Balaban J connectivity index is 1.73. The zero-order valence-corrected chi connectivity index (χ0v) is 15.8. The summed E-state index contributed by atoms with van der Waals surface area (Å²) in [5.41, 5.74) is 2.23. The van der Waals surface area contributed by atoms with Gasteiger partial charge in [-0.1, -0.05) is 54.1 Å². The van der Waals surface area contributed by atoms with Gasteiger partial charge in [-0.2, -0.15) is 0 Å². The lowest BCUT2D eigenvalue weighted by Gasteiger charge is -2.27. The molecule has 0 saturated heterocycles. The second-order valence-corrected chi connectivity index (χ2v) is 8.69. The van der Waals surface area contributed by atoms with Crippen LogP contribution in [-0.2, 0) is 11.1 Å². The van der Waals surface area contributed by atoms with Gasteiger partial charge in [0.05, 0.1) is 28.3 Å². The summed E-state index contributed by atoms with van der Waals surface area (Å²) >= 11 is 6.41. The lowest BCUT2D eigenvalue weighted by Crippen LogP contribution is -2.19. The largest absolute Gasteiger partial charge is 0.455 e. The molecule has 0 aliphatic carbocycles. The summed E-state index contributed by atoms with van der Waals surface area (Å²) in [4.78, 5) is 4.66. The SMILES string of the molecule is O=P1(Oc2ccccc2)N(c2ccccc2Cl)Cc2nc3ccccc3n21. The van der Waals surface area contributed by atoms with Crippen LogP contribution in [0.5, 0.6) is 5.75 Å². The maximum Gasteiger partial charge on any atom is 0.455 e. The Morgan fingerprint density at radius 3 is 2.44 bits per heavy atom. The number of aromatic nitrogens is 2. The Bertz CT molecular complexity index is 1190. The number of para-hydroxylation sites is 4. The molecule has 0 amide bonds. The highest BCUT2D eigenvalue weighted by atomic mass is 35.5. The monoisotopic (exact) mass is 395 g/mol. The molecule has 2 heterocycles.